The normalized spacial score (nSPS) is 16.0. The number of benzene rings is 1. The highest BCUT2D eigenvalue weighted by Crippen LogP contribution is 2.23. The third-order valence-electron chi connectivity index (χ3n) is 4.03. The zero-order valence-corrected chi connectivity index (χ0v) is 12.8. The molecule has 2 N–H and O–H groups in total. The summed E-state index contributed by atoms with van der Waals surface area (Å²) in [7, 11) is 0. The monoisotopic (exact) mass is 302 g/mol. The molecule has 0 spiro atoms. The van der Waals surface area contributed by atoms with Crippen LogP contribution in [0.25, 0.3) is 0 Å². The molecule has 0 aliphatic heterocycles. The minimum absolute atomic E-state index is 0.356. The van der Waals surface area contributed by atoms with Crippen molar-refractivity contribution in [1.29, 1.82) is 0 Å². The fourth-order valence-corrected chi connectivity index (χ4v) is 2.67. The van der Waals surface area contributed by atoms with Gasteiger partial charge in [-0.25, -0.2) is 0 Å². The second-order valence-corrected chi connectivity index (χ2v) is 5.79. The van der Waals surface area contributed by atoms with Crippen molar-refractivity contribution < 1.29 is 14.4 Å². The maximum Gasteiger partial charge on any atom is 0.289 e. The fourth-order valence-electron chi connectivity index (χ4n) is 2.67. The molecule has 1 aromatic rings. The first kappa shape index (κ1) is 16.2. The molecule has 2 amide bonds. The van der Waals surface area contributed by atoms with Gasteiger partial charge in [0.2, 0.25) is 5.78 Å². The van der Waals surface area contributed by atoms with Crippen LogP contribution in [0.1, 0.15) is 43.0 Å². The molecule has 1 atom stereocenters. The van der Waals surface area contributed by atoms with Crippen molar-refractivity contribution in [2.45, 2.75) is 38.6 Å². The number of rotatable bonds is 6. The Balaban J connectivity index is 1.80. The van der Waals surface area contributed by atoms with Gasteiger partial charge in [0, 0.05) is 12.1 Å². The first-order chi connectivity index (χ1) is 10.6. The summed E-state index contributed by atoms with van der Waals surface area (Å²) >= 11 is 0. The maximum absolute atomic E-state index is 12.0. The summed E-state index contributed by atoms with van der Waals surface area (Å²) in [6.45, 7) is 2.07. The van der Waals surface area contributed by atoms with E-state index in [9.17, 15) is 14.4 Å². The van der Waals surface area contributed by atoms with Gasteiger partial charge >= 0.3 is 0 Å². The zero-order chi connectivity index (χ0) is 15.9. The summed E-state index contributed by atoms with van der Waals surface area (Å²) in [5, 5.41) is 5.23. The topological polar surface area (TPSA) is 75.3 Å². The van der Waals surface area contributed by atoms with Gasteiger partial charge in [-0.15, -0.1) is 0 Å². The molecule has 1 saturated carbocycles. The van der Waals surface area contributed by atoms with Crippen LogP contribution in [0.4, 0.5) is 0 Å². The van der Waals surface area contributed by atoms with E-state index >= 15 is 0 Å². The smallest absolute Gasteiger partial charge is 0.289 e. The molecule has 118 valence electrons. The Hall–Kier alpha value is -2.17. The van der Waals surface area contributed by atoms with E-state index in [1.165, 1.54) is 19.8 Å². The largest absolute Gasteiger partial charge is 0.349 e. The Morgan fingerprint density at radius 3 is 2.41 bits per heavy atom. The molecule has 0 radical (unpaired) electrons. The summed E-state index contributed by atoms with van der Waals surface area (Å²) in [6, 6.07) is 7.78. The highest BCUT2D eigenvalue weighted by Gasteiger charge is 2.24. The van der Waals surface area contributed by atoms with Gasteiger partial charge in [-0.3, -0.25) is 14.4 Å². The van der Waals surface area contributed by atoms with Crippen molar-refractivity contribution in [3.63, 3.8) is 0 Å². The van der Waals surface area contributed by atoms with Crippen LogP contribution in [0.5, 0.6) is 0 Å². The fraction of sp³-hybridized carbons (Fsp3) is 0.471. The van der Waals surface area contributed by atoms with E-state index < -0.39 is 17.7 Å². The number of carbonyl (C=O) groups excluding carboxylic acids is 3. The van der Waals surface area contributed by atoms with Crippen LogP contribution in [-0.2, 0) is 9.59 Å². The Labute approximate surface area is 130 Å². The lowest BCUT2D eigenvalue weighted by atomic mass is 10.1. The molecule has 1 aromatic carbocycles. The highest BCUT2D eigenvalue weighted by atomic mass is 16.2. The molecular formula is C17H22N2O3. The second kappa shape index (κ2) is 7.73. The van der Waals surface area contributed by atoms with Crippen LogP contribution in [0, 0.1) is 5.92 Å². The minimum atomic E-state index is -0.837. The van der Waals surface area contributed by atoms with Gasteiger partial charge in [-0.05, 0) is 37.8 Å². The van der Waals surface area contributed by atoms with Gasteiger partial charge in [-0.2, -0.15) is 0 Å². The molecule has 5 nitrogen and oxygen atoms in total. The lowest BCUT2D eigenvalue weighted by Crippen LogP contribution is -2.46. The molecular weight excluding hydrogens is 280 g/mol. The summed E-state index contributed by atoms with van der Waals surface area (Å²) in [6.07, 6.45) is 4.60. The molecule has 1 fully saturated rings. The number of hydrogen-bond donors (Lipinski definition) is 2. The quantitative estimate of drug-likeness (QED) is 0.785. The van der Waals surface area contributed by atoms with Crippen molar-refractivity contribution >= 4 is 17.6 Å². The standard InChI is InChI=1S/C17H22N2O3/c1-12(19-16(21)14-9-3-2-4-10-14)15(20)17(22)18-11-13-7-5-6-8-13/h2-4,9-10,12-13H,5-8,11H2,1H3,(H,18,22)(H,19,21). The number of nitrogens with one attached hydrogen (secondary N) is 2. The average Bonchev–Trinajstić information content (AvgIpc) is 3.06. The molecule has 0 aromatic heterocycles. The van der Waals surface area contributed by atoms with Crippen molar-refractivity contribution in [3.05, 3.63) is 35.9 Å². The highest BCUT2D eigenvalue weighted by molar-refractivity contribution is 6.38. The Morgan fingerprint density at radius 1 is 1.14 bits per heavy atom. The van der Waals surface area contributed by atoms with E-state index in [0.29, 0.717) is 18.0 Å². The van der Waals surface area contributed by atoms with Crippen molar-refractivity contribution in [3.8, 4) is 0 Å². The zero-order valence-electron chi connectivity index (χ0n) is 12.8. The number of hydrogen-bond acceptors (Lipinski definition) is 3. The number of ketones is 1. The molecule has 0 bridgehead atoms. The SMILES string of the molecule is CC(NC(=O)c1ccccc1)C(=O)C(=O)NCC1CCCC1. The molecule has 1 unspecified atom stereocenters. The van der Waals surface area contributed by atoms with E-state index in [0.717, 1.165) is 12.8 Å². The van der Waals surface area contributed by atoms with Crippen LogP contribution in [-0.4, -0.2) is 30.2 Å². The lowest BCUT2D eigenvalue weighted by Gasteiger charge is -2.14. The molecule has 22 heavy (non-hydrogen) atoms. The molecule has 2 rings (SSSR count). The summed E-state index contributed by atoms with van der Waals surface area (Å²) < 4.78 is 0. The van der Waals surface area contributed by atoms with Gasteiger partial charge in [0.15, 0.2) is 0 Å². The van der Waals surface area contributed by atoms with Crippen LogP contribution in [0.2, 0.25) is 0 Å². The predicted molar refractivity (Wildman–Crippen MR) is 83.3 cm³/mol. The van der Waals surface area contributed by atoms with Crippen LogP contribution in [0.15, 0.2) is 30.3 Å². The number of carbonyl (C=O) groups is 3. The van der Waals surface area contributed by atoms with E-state index in [2.05, 4.69) is 10.6 Å². The molecule has 0 saturated heterocycles. The molecule has 0 heterocycles. The van der Waals surface area contributed by atoms with Crippen LogP contribution in [0.3, 0.4) is 0 Å². The minimum Gasteiger partial charge on any atom is -0.349 e. The van der Waals surface area contributed by atoms with Gasteiger partial charge in [0.25, 0.3) is 11.8 Å². The summed E-state index contributed by atoms with van der Waals surface area (Å²) in [5.74, 6) is -1.11. The molecule has 5 heteroatoms. The first-order valence-corrected chi connectivity index (χ1v) is 7.76. The third kappa shape index (κ3) is 4.41. The van der Waals surface area contributed by atoms with Gasteiger partial charge in [-0.1, -0.05) is 31.0 Å². The Morgan fingerprint density at radius 2 is 1.77 bits per heavy atom. The van der Waals surface area contributed by atoms with Gasteiger partial charge in [0.1, 0.15) is 0 Å². The molecule has 1 aliphatic rings. The predicted octanol–water partition coefficient (Wildman–Crippen LogP) is 1.68. The van der Waals surface area contributed by atoms with Crippen LogP contribution >= 0.6 is 0 Å². The summed E-state index contributed by atoms with van der Waals surface area (Å²) in [4.78, 5) is 35.8. The van der Waals surface area contributed by atoms with Crippen LogP contribution < -0.4 is 10.6 Å². The van der Waals surface area contributed by atoms with E-state index in [1.807, 2.05) is 6.07 Å². The Kier molecular flexibility index (Phi) is 5.69. The van der Waals surface area contributed by atoms with Gasteiger partial charge in [0.05, 0.1) is 6.04 Å². The van der Waals surface area contributed by atoms with Crippen molar-refractivity contribution in [2.24, 2.45) is 5.92 Å². The van der Waals surface area contributed by atoms with Gasteiger partial charge < -0.3 is 10.6 Å². The maximum atomic E-state index is 12.0. The average molecular weight is 302 g/mol. The molecule has 1 aliphatic carbocycles. The number of amides is 2. The number of Topliss-reactive ketones (excluding diaryl/α,β-unsaturated/α-hetero) is 1. The first-order valence-electron chi connectivity index (χ1n) is 7.76. The third-order valence-corrected chi connectivity index (χ3v) is 4.03. The van der Waals surface area contributed by atoms with Crippen molar-refractivity contribution in [2.75, 3.05) is 6.54 Å². The van der Waals surface area contributed by atoms with E-state index in [1.54, 1.807) is 24.3 Å². The second-order valence-electron chi connectivity index (χ2n) is 5.79. The van der Waals surface area contributed by atoms with Crippen molar-refractivity contribution in [1.82, 2.24) is 10.6 Å². The summed E-state index contributed by atoms with van der Waals surface area (Å²) in [5.41, 5.74) is 0.466. The Bertz CT molecular complexity index is 536. The lowest BCUT2D eigenvalue weighted by molar-refractivity contribution is -0.138. The van der Waals surface area contributed by atoms with E-state index in [-0.39, 0.29) is 5.91 Å². The van der Waals surface area contributed by atoms with E-state index in [4.69, 9.17) is 0 Å².